The van der Waals surface area contributed by atoms with Crippen molar-refractivity contribution in [2.24, 2.45) is 17.2 Å². The molecule has 0 atom stereocenters. The van der Waals surface area contributed by atoms with E-state index in [9.17, 15) is 0 Å². The fourth-order valence-corrected chi connectivity index (χ4v) is 4.90. The fraction of sp³-hybridized carbons (Fsp3) is 1.00. The summed E-state index contributed by atoms with van der Waals surface area (Å²) in [6.45, 7) is 9.43. The first-order chi connectivity index (χ1) is 19.2. The molecule has 0 amide bonds. The van der Waals surface area contributed by atoms with Gasteiger partial charge in [0.2, 0.25) is 0 Å². The van der Waals surface area contributed by atoms with Crippen LogP contribution >= 0.6 is 37.2 Å². The van der Waals surface area contributed by atoms with Crippen LogP contribution in [0.3, 0.4) is 0 Å². The Morgan fingerprint density at radius 2 is 0.333 bits per heavy atom. The number of halogens is 3. The molecule has 0 heterocycles. The molecular weight excluding hydrogens is 581 g/mol. The summed E-state index contributed by atoms with van der Waals surface area (Å²) in [5.41, 5.74) is 16.3. The first-order valence-electron chi connectivity index (χ1n) is 18.3. The Hall–Kier alpha value is 0.750. The molecule has 0 saturated carbocycles. The van der Waals surface area contributed by atoms with Crippen molar-refractivity contribution in [3.05, 3.63) is 0 Å². The van der Waals surface area contributed by atoms with Crippen molar-refractivity contribution in [3.8, 4) is 0 Å². The normalized spacial score (nSPS) is 9.86. The Kier molecular flexibility index (Phi) is 80.0. The van der Waals surface area contributed by atoms with Crippen molar-refractivity contribution < 1.29 is 0 Å². The zero-order valence-corrected chi connectivity index (χ0v) is 31.7. The average Bonchev–Trinajstić information content (AvgIpc) is 2.95. The van der Waals surface area contributed by atoms with Gasteiger partial charge in [-0.05, 0) is 38.9 Å². The Labute approximate surface area is 286 Å². The third-order valence-corrected chi connectivity index (χ3v) is 7.67. The van der Waals surface area contributed by atoms with Crippen LogP contribution in [0.1, 0.15) is 213 Å². The third-order valence-electron chi connectivity index (χ3n) is 7.67. The van der Waals surface area contributed by atoms with Gasteiger partial charge in [-0.3, -0.25) is 0 Å². The van der Waals surface area contributed by atoms with Gasteiger partial charge in [0, 0.05) is 0 Å². The first-order valence-corrected chi connectivity index (χ1v) is 18.3. The summed E-state index contributed by atoms with van der Waals surface area (Å²) in [7, 11) is 0. The van der Waals surface area contributed by atoms with Crippen molar-refractivity contribution in [1.29, 1.82) is 0 Å². The Morgan fingerprint density at radius 1 is 0.214 bits per heavy atom. The summed E-state index contributed by atoms with van der Waals surface area (Å²) >= 11 is 0. The predicted molar refractivity (Wildman–Crippen MR) is 204 cm³/mol. The number of hydrogen-bond acceptors (Lipinski definition) is 3. The third kappa shape index (κ3) is 68.1. The molecule has 0 aromatic carbocycles. The second-order valence-electron chi connectivity index (χ2n) is 11.9. The van der Waals surface area contributed by atoms with Crippen LogP contribution in [0.4, 0.5) is 0 Å². The molecule has 0 radical (unpaired) electrons. The van der Waals surface area contributed by atoms with Gasteiger partial charge in [0.05, 0.1) is 0 Å². The molecule has 0 rings (SSSR count). The van der Waals surface area contributed by atoms with Crippen molar-refractivity contribution in [1.82, 2.24) is 0 Å². The lowest BCUT2D eigenvalue weighted by atomic mass is 10.1. The molecule has 3 nitrogen and oxygen atoms in total. The van der Waals surface area contributed by atoms with Crippen LogP contribution in [0.15, 0.2) is 0 Å². The molecule has 0 aliphatic rings. The maximum atomic E-state index is 5.42. The van der Waals surface area contributed by atoms with E-state index in [4.69, 9.17) is 17.2 Å². The van der Waals surface area contributed by atoms with E-state index in [-0.39, 0.29) is 37.2 Å². The smallest absolute Gasteiger partial charge is 0.00773 e. The monoisotopic (exact) mass is 664 g/mol. The van der Waals surface area contributed by atoms with Crippen molar-refractivity contribution in [2.75, 3.05) is 19.6 Å². The maximum absolute atomic E-state index is 5.42. The molecule has 6 N–H and O–H groups in total. The SMILES string of the molecule is CCCCCCCCCCCCN.CCCCCCCCCCCCN.CCCCCCCCCCCCN.Cl.Cl.Cl. The minimum atomic E-state index is 0. The Bertz CT molecular complexity index is 281. The summed E-state index contributed by atoms with van der Waals surface area (Å²) < 4.78 is 0. The first kappa shape index (κ1) is 55.2. The highest BCUT2D eigenvalue weighted by molar-refractivity contribution is 5.86. The molecule has 0 bridgehead atoms. The van der Waals surface area contributed by atoms with E-state index in [1.165, 1.54) is 193 Å². The molecule has 0 saturated heterocycles. The number of hydrogen-bond donors (Lipinski definition) is 3. The standard InChI is InChI=1S/3C12H27N.3ClH/c3*1-2-3-4-5-6-7-8-9-10-11-12-13;;;/h3*2-13H2,1H3;3*1H. The van der Waals surface area contributed by atoms with Gasteiger partial charge in [-0.15, -0.1) is 37.2 Å². The molecule has 0 aromatic rings. The van der Waals surface area contributed by atoms with E-state index in [0.717, 1.165) is 19.6 Å². The molecule has 42 heavy (non-hydrogen) atoms. The van der Waals surface area contributed by atoms with Crippen LogP contribution in [0.2, 0.25) is 0 Å². The van der Waals surface area contributed by atoms with Gasteiger partial charge in [-0.25, -0.2) is 0 Å². The highest BCUT2D eigenvalue weighted by Crippen LogP contribution is 2.12. The lowest BCUT2D eigenvalue weighted by Crippen LogP contribution is -1.97. The van der Waals surface area contributed by atoms with Gasteiger partial charge in [0.15, 0.2) is 0 Å². The lowest BCUT2D eigenvalue weighted by molar-refractivity contribution is 0.558. The molecule has 6 heteroatoms. The number of nitrogens with two attached hydrogens (primary N) is 3. The topological polar surface area (TPSA) is 78.1 Å². The summed E-state index contributed by atoms with van der Waals surface area (Å²) in [4.78, 5) is 0. The van der Waals surface area contributed by atoms with Crippen molar-refractivity contribution in [3.63, 3.8) is 0 Å². The van der Waals surface area contributed by atoms with Crippen LogP contribution in [0.5, 0.6) is 0 Å². The lowest BCUT2D eigenvalue weighted by Gasteiger charge is -2.00. The van der Waals surface area contributed by atoms with Crippen LogP contribution in [0, 0.1) is 0 Å². The molecule has 0 fully saturated rings. The molecule has 0 aromatic heterocycles. The van der Waals surface area contributed by atoms with E-state index in [1.807, 2.05) is 0 Å². The largest absolute Gasteiger partial charge is 0.330 e. The van der Waals surface area contributed by atoms with E-state index in [2.05, 4.69) is 20.8 Å². The van der Waals surface area contributed by atoms with Crippen molar-refractivity contribution >= 4 is 37.2 Å². The van der Waals surface area contributed by atoms with Gasteiger partial charge in [-0.1, -0.05) is 194 Å². The van der Waals surface area contributed by atoms with Crippen LogP contribution in [-0.4, -0.2) is 19.6 Å². The molecule has 264 valence electrons. The Morgan fingerprint density at radius 3 is 0.452 bits per heavy atom. The molecule has 0 unspecified atom stereocenters. The molecular formula is C36H84Cl3N3. The summed E-state index contributed by atoms with van der Waals surface area (Å²) in [6, 6.07) is 0. The van der Waals surface area contributed by atoms with E-state index in [1.54, 1.807) is 0 Å². The molecule has 0 aliphatic heterocycles. The minimum absolute atomic E-state index is 0. The van der Waals surface area contributed by atoms with E-state index in [0.29, 0.717) is 0 Å². The second kappa shape index (κ2) is 60.9. The average molecular weight is 665 g/mol. The van der Waals surface area contributed by atoms with Crippen LogP contribution in [0.25, 0.3) is 0 Å². The van der Waals surface area contributed by atoms with Gasteiger partial charge >= 0.3 is 0 Å². The van der Waals surface area contributed by atoms with Crippen LogP contribution in [-0.2, 0) is 0 Å². The van der Waals surface area contributed by atoms with Gasteiger partial charge in [-0.2, -0.15) is 0 Å². The molecule has 0 spiro atoms. The highest BCUT2D eigenvalue weighted by Gasteiger charge is 1.93. The van der Waals surface area contributed by atoms with Crippen LogP contribution < -0.4 is 17.2 Å². The van der Waals surface area contributed by atoms with Gasteiger partial charge in [0.25, 0.3) is 0 Å². The van der Waals surface area contributed by atoms with E-state index >= 15 is 0 Å². The summed E-state index contributed by atoms with van der Waals surface area (Å²) in [5, 5.41) is 0. The predicted octanol–water partition coefficient (Wildman–Crippen LogP) is 12.9. The maximum Gasteiger partial charge on any atom is -0.00773 e. The minimum Gasteiger partial charge on any atom is -0.330 e. The van der Waals surface area contributed by atoms with Crippen molar-refractivity contribution in [2.45, 2.75) is 213 Å². The van der Waals surface area contributed by atoms with E-state index < -0.39 is 0 Å². The highest BCUT2D eigenvalue weighted by atomic mass is 35.5. The van der Waals surface area contributed by atoms with Gasteiger partial charge in [0.1, 0.15) is 0 Å². The summed E-state index contributed by atoms with van der Waals surface area (Å²) in [5.74, 6) is 0. The Balaban J connectivity index is -0.000000112. The fourth-order valence-electron chi connectivity index (χ4n) is 4.90. The quantitative estimate of drug-likeness (QED) is 0.0668. The summed E-state index contributed by atoms with van der Waals surface area (Å²) in [6.07, 6.45) is 41.8. The zero-order valence-electron chi connectivity index (χ0n) is 29.3. The van der Waals surface area contributed by atoms with Gasteiger partial charge < -0.3 is 17.2 Å². The number of rotatable bonds is 30. The zero-order chi connectivity index (χ0) is 29.3. The molecule has 0 aliphatic carbocycles. The second-order valence-corrected chi connectivity index (χ2v) is 11.9. The number of unbranched alkanes of at least 4 members (excludes halogenated alkanes) is 27.